The number of nitrogens with zero attached hydrogens (tertiary/aromatic N) is 1. The summed E-state index contributed by atoms with van der Waals surface area (Å²) in [6, 6.07) is 9.15. The quantitative estimate of drug-likeness (QED) is 0.789. The summed E-state index contributed by atoms with van der Waals surface area (Å²) in [7, 11) is 0. The normalized spacial score (nSPS) is 10.6. The number of hydrogen-bond donors (Lipinski definition) is 2. The third-order valence-electron chi connectivity index (χ3n) is 2.09. The van der Waals surface area contributed by atoms with Crippen molar-refractivity contribution in [2.75, 3.05) is 0 Å². The molecule has 0 unspecified atom stereocenters. The molecule has 0 heterocycles. The fourth-order valence-electron chi connectivity index (χ4n) is 1.16. The van der Waals surface area contributed by atoms with E-state index in [1.54, 1.807) is 32.0 Å². The molecule has 1 rings (SSSR count). The van der Waals surface area contributed by atoms with E-state index in [1.807, 2.05) is 12.1 Å². The Bertz CT molecular complexity index is 427. The van der Waals surface area contributed by atoms with Crippen molar-refractivity contribution in [3.8, 4) is 6.07 Å². The minimum atomic E-state index is -0.882. The lowest BCUT2D eigenvalue weighted by Crippen LogP contribution is -2.48. The van der Waals surface area contributed by atoms with Gasteiger partial charge < -0.3 is 11.1 Å². The smallest absolute Gasteiger partial charge is 0.239 e. The first-order valence-electron chi connectivity index (χ1n) is 4.99. The number of rotatable bonds is 3. The van der Waals surface area contributed by atoms with Gasteiger partial charge in [-0.3, -0.25) is 4.79 Å². The second kappa shape index (κ2) is 4.77. The third kappa shape index (κ3) is 3.37. The molecule has 3 N–H and O–H groups in total. The standard InChI is InChI=1S/C12H15N3O/c1-12(2,14)11(16)15-8-10-5-3-4-9(6-10)7-13/h3-6H,8,14H2,1-2H3,(H,15,16). The SMILES string of the molecule is CC(C)(N)C(=O)NCc1cccc(C#N)c1. The lowest BCUT2D eigenvalue weighted by Gasteiger charge is -2.17. The van der Waals surface area contributed by atoms with Crippen molar-refractivity contribution in [3.05, 3.63) is 35.4 Å². The number of carbonyl (C=O) groups excluding carboxylic acids is 1. The molecule has 0 spiro atoms. The van der Waals surface area contributed by atoms with Gasteiger partial charge in [0, 0.05) is 6.54 Å². The molecule has 4 nitrogen and oxygen atoms in total. The first-order chi connectivity index (χ1) is 7.43. The van der Waals surface area contributed by atoms with E-state index in [4.69, 9.17) is 11.0 Å². The predicted molar refractivity (Wildman–Crippen MR) is 61.3 cm³/mol. The zero-order chi connectivity index (χ0) is 12.2. The maximum atomic E-state index is 11.5. The summed E-state index contributed by atoms with van der Waals surface area (Å²) < 4.78 is 0. The van der Waals surface area contributed by atoms with Gasteiger partial charge in [0.25, 0.3) is 0 Å². The Morgan fingerprint density at radius 3 is 2.81 bits per heavy atom. The summed E-state index contributed by atoms with van der Waals surface area (Å²) >= 11 is 0. The summed E-state index contributed by atoms with van der Waals surface area (Å²) in [6.07, 6.45) is 0. The van der Waals surface area contributed by atoms with E-state index in [1.165, 1.54) is 0 Å². The molecule has 0 aromatic heterocycles. The fraction of sp³-hybridized carbons (Fsp3) is 0.333. The van der Waals surface area contributed by atoms with Crippen molar-refractivity contribution in [3.63, 3.8) is 0 Å². The molecule has 1 aromatic rings. The molecule has 1 amide bonds. The van der Waals surface area contributed by atoms with Crippen LogP contribution in [0.5, 0.6) is 0 Å². The minimum Gasteiger partial charge on any atom is -0.350 e. The highest BCUT2D eigenvalue weighted by atomic mass is 16.2. The Balaban J connectivity index is 2.62. The van der Waals surface area contributed by atoms with Gasteiger partial charge in [-0.05, 0) is 31.5 Å². The van der Waals surface area contributed by atoms with E-state index < -0.39 is 5.54 Å². The van der Waals surface area contributed by atoms with Crippen LogP contribution in [0.2, 0.25) is 0 Å². The number of amides is 1. The Morgan fingerprint density at radius 1 is 1.56 bits per heavy atom. The Morgan fingerprint density at radius 2 is 2.25 bits per heavy atom. The molecule has 1 aromatic carbocycles. The Hall–Kier alpha value is -1.86. The van der Waals surface area contributed by atoms with Gasteiger partial charge in [-0.1, -0.05) is 12.1 Å². The highest BCUT2D eigenvalue weighted by molar-refractivity contribution is 5.84. The van der Waals surface area contributed by atoms with Crippen LogP contribution in [-0.4, -0.2) is 11.4 Å². The van der Waals surface area contributed by atoms with Crippen LogP contribution in [0.25, 0.3) is 0 Å². The molecule has 0 atom stereocenters. The van der Waals surface area contributed by atoms with Crippen molar-refractivity contribution >= 4 is 5.91 Å². The largest absolute Gasteiger partial charge is 0.350 e. The highest BCUT2D eigenvalue weighted by Gasteiger charge is 2.20. The fourth-order valence-corrected chi connectivity index (χ4v) is 1.16. The molecule has 84 valence electrons. The zero-order valence-corrected chi connectivity index (χ0v) is 9.45. The van der Waals surface area contributed by atoms with Crippen molar-refractivity contribution in [2.45, 2.75) is 25.9 Å². The van der Waals surface area contributed by atoms with Gasteiger partial charge in [-0.2, -0.15) is 5.26 Å². The van der Waals surface area contributed by atoms with E-state index in [2.05, 4.69) is 5.32 Å². The highest BCUT2D eigenvalue weighted by Crippen LogP contribution is 2.04. The monoisotopic (exact) mass is 217 g/mol. The van der Waals surface area contributed by atoms with Gasteiger partial charge in [-0.15, -0.1) is 0 Å². The summed E-state index contributed by atoms with van der Waals surface area (Å²) in [5.74, 6) is -0.213. The lowest BCUT2D eigenvalue weighted by atomic mass is 10.1. The van der Waals surface area contributed by atoms with Crippen LogP contribution in [0.4, 0.5) is 0 Å². The van der Waals surface area contributed by atoms with Crippen LogP contribution in [-0.2, 0) is 11.3 Å². The number of nitriles is 1. The van der Waals surface area contributed by atoms with E-state index in [0.717, 1.165) is 5.56 Å². The Labute approximate surface area is 95.1 Å². The van der Waals surface area contributed by atoms with Crippen LogP contribution < -0.4 is 11.1 Å². The second-order valence-corrected chi connectivity index (χ2v) is 4.22. The van der Waals surface area contributed by atoms with Crippen LogP contribution in [0.15, 0.2) is 24.3 Å². The van der Waals surface area contributed by atoms with Gasteiger partial charge in [0.2, 0.25) is 5.91 Å². The number of benzene rings is 1. The first kappa shape index (κ1) is 12.2. The van der Waals surface area contributed by atoms with Gasteiger partial charge >= 0.3 is 0 Å². The van der Waals surface area contributed by atoms with E-state index in [9.17, 15) is 4.79 Å². The van der Waals surface area contributed by atoms with Crippen molar-refractivity contribution < 1.29 is 4.79 Å². The molecule has 4 heteroatoms. The van der Waals surface area contributed by atoms with Crippen molar-refractivity contribution in [1.82, 2.24) is 5.32 Å². The molecule has 16 heavy (non-hydrogen) atoms. The zero-order valence-electron chi connectivity index (χ0n) is 9.45. The summed E-state index contributed by atoms with van der Waals surface area (Å²) in [6.45, 7) is 3.68. The average Bonchev–Trinajstić information content (AvgIpc) is 2.25. The van der Waals surface area contributed by atoms with Crippen LogP contribution in [0, 0.1) is 11.3 Å². The molecule has 0 aliphatic carbocycles. The van der Waals surface area contributed by atoms with Gasteiger partial charge in [0.05, 0.1) is 17.2 Å². The number of hydrogen-bond acceptors (Lipinski definition) is 3. The summed E-state index contributed by atoms with van der Waals surface area (Å²) in [4.78, 5) is 11.5. The summed E-state index contributed by atoms with van der Waals surface area (Å²) in [5, 5.41) is 11.4. The van der Waals surface area contributed by atoms with E-state index >= 15 is 0 Å². The van der Waals surface area contributed by atoms with Crippen molar-refractivity contribution in [2.24, 2.45) is 5.73 Å². The maximum absolute atomic E-state index is 11.5. The number of nitrogens with one attached hydrogen (secondary N) is 1. The molecule has 0 fully saturated rings. The maximum Gasteiger partial charge on any atom is 0.239 e. The van der Waals surface area contributed by atoms with E-state index in [0.29, 0.717) is 12.1 Å². The molecule has 0 saturated heterocycles. The molecule has 0 saturated carbocycles. The van der Waals surface area contributed by atoms with Gasteiger partial charge in [-0.25, -0.2) is 0 Å². The van der Waals surface area contributed by atoms with Crippen LogP contribution >= 0.6 is 0 Å². The number of nitrogens with two attached hydrogens (primary N) is 1. The number of carbonyl (C=O) groups is 1. The molecular weight excluding hydrogens is 202 g/mol. The van der Waals surface area contributed by atoms with Crippen LogP contribution in [0.3, 0.4) is 0 Å². The summed E-state index contributed by atoms with van der Waals surface area (Å²) in [5.41, 5.74) is 6.22. The molecule has 0 bridgehead atoms. The predicted octanol–water partition coefficient (Wildman–Crippen LogP) is 0.912. The Kier molecular flexibility index (Phi) is 3.64. The second-order valence-electron chi connectivity index (χ2n) is 4.22. The van der Waals surface area contributed by atoms with E-state index in [-0.39, 0.29) is 5.91 Å². The van der Waals surface area contributed by atoms with Crippen molar-refractivity contribution in [1.29, 1.82) is 5.26 Å². The van der Waals surface area contributed by atoms with Gasteiger partial charge in [0.15, 0.2) is 0 Å². The average molecular weight is 217 g/mol. The van der Waals surface area contributed by atoms with Gasteiger partial charge in [0.1, 0.15) is 0 Å². The molecule has 0 aliphatic rings. The topological polar surface area (TPSA) is 78.9 Å². The molecule has 0 radical (unpaired) electrons. The molecule has 0 aliphatic heterocycles. The third-order valence-corrected chi connectivity index (χ3v) is 2.09. The lowest BCUT2D eigenvalue weighted by molar-refractivity contribution is -0.125. The molecular formula is C12H15N3O. The first-order valence-corrected chi connectivity index (χ1v) is 4.99. The minimum absolute atomic E-state index is 0.213. The van der Waals surface area contributed by atoms with Crippen LogP contribution in [0.1, 0.15) is 25.0 Å².